The van der Waals surface area contributed by atoms with Crippen molar-refractivity contribution in [2.24, 2.45) is 0 Å². The van der Waals surface area contributed by atoms with Gasteiger partial charge >= 0.3 is 39.5 Å². The number of phosphoric ester groups is 2. The molecule has 0 saturated heterocycles. The lowest BCUT2D eigenvalue weighted by Crippen LogP contribution is -2.30. The Balaban J connectivity index is 5.37. The summed E-state index contributed by atoms with van der Waals surface area (Å²) in [7, 11) is -9.96. The van der Waals surface area contributed by atoms with Gasteiger partial charge in [0.2, 0.25) is 0 Å². The van der Waals surface area contributed by atoms with Crippen molar-refractivity contribution in [1.29, 1.82) is 0 Å². The monoisotopic (exact) mass is 1460 g/mol. The lowest BCUT2D eigenvalue weighted by Gasteiger charge is -2.21. The first-order chi connectivity index (χ1) is 48.7. The summed E-state index contributed by atoms with van der Waals surface area (Å²) in [4.78, 5) is 73.0. The molecule has 0 fully saturated rings. The zero-order chi connectivity index (χ0) is 73.2. The van der Waals surface area contributed by atoms with Crippen molar-refractivity contribution in [2.45, 2.75) is 393 Å². The third-order valence-corrected chi connectivity index (χ3v) is 19.4. The predicted octanol–water partition coefficient (Wildman–Crippen LogP) is 23.5. The first-order valence-electron chi connectivity index (χ1n) is 40.5. The Morgan fingerprint density at radius 1 is 0.280 bits per heavy atom. The van der Waals surface area contributed by atoms with Crippen LogP contribution in [0.15, 0.2) is 60.8 Å². The maximum absolute atomic E-state index is 13.1. The first-order valence-corrected chi connectivity index (χ1v) is 43.5. The van der Waals surface area contributed by atoms with Crippen LogP contribution < -0.4 is 0 Å². The summed E-state index contributed by atoms with van der Waals surface area (Å²) >= 11 is 0. The van der Waals surface area contributed by atoms with Gasteiger partial charge in [-0.2, -0.15) is 0 Å². The molecule has 2 unspecified atom stereocenters. The molecule has 0 saturated carbocycles. The number of allylic oxidation sites excluding steroid dienone is 10. The highest BCUT2D eigenvalue weighted by Gasteiger charge is 2.30. The number of phosphoric acid groups is 2. The molecule has 0 aromatic heterocycles. The van der Waals surface area contributed by atoms with Crippen LogP contribution >= 0.6 is 15.6 Å². The van der Waals surface area contributed by atoms with Crippen LogP contribution in [0.5, 0.6) is 0 Å². The molecule has 0 aliphatic heterocycles. The molecule has 0 aromatic rings. The van der Waals surface area contributed by atoms with E-state index in [0.29, 0.717) is 32.1 Å². The third-order valence-electron chi connectivity index (χ3n) is 17.5. The second kappa shape index (κ2) is 74.0. The molecule has 100 heavy (non-hydrogen) atoms. The number of aliphatic hydroxyl groups is 1. The molecule has 19 heteroatoms. The lowest BCUT2D eigenvalue weighted by molar-refractivity contribution is -0.161. The normalized spacial score (nSPS) is 14.2. The number of hydrogen-bond acceptors (Lipinski definition) is 15. The molecule has 5 atom stereocenters. The van der Waals surface area contributed by atoms with E-state index in [0.717, 1.165) is 109 Å². The van der Waals surface area contributed by atoms with E-state index >= 15 is 0 Å². The van der Waals surface area contributed by atoms with E-state index in [2.05, 4.69) is 76.3 Å². The highest BCUT2D eigenvalue weighted by molar-refractivity contribution is 7.47. The molecule has 584 valence electrons. The summed E-state index contributed by atoms with van der Waals surface area (Å²) < 4.78 is 68.6. The second-order valence-electron chi connectivity index (χ2n) is 27.4. The summed E-state index contributed by atoms with van der Waals surface area (Å²) in [6, 6.07) is 0. The van der Waals surface area contributed by atoms with Crippen LogP contribution in [0.3, 0.4) is 0 Å². The summed E-state index contributed by atoms with van der Waals surface area (Å²) in [5.74, 6) is -2.21. The van der Waals surface area contributed by atoms with Gasteiger partial charge in [0.05, 0.1) is 26.4 Å². The molecule has 0 bridgehead atoms. The van der Waals surface area contributed by atoms with Crippen molar-refractivity contribution < 1.29 is 80.2 Å². The molecule has 3 N–H and O–H groups in total. The number of unbranched alkanes of at least 4 members (excludes halogenated alkanes) is 41. The Bertz CT molecular complexity index is 2130. The van der Waals surface area contributed by atoms with Crippen LogP contribution in [-0.2, 0) is 65.4 Å². The summed E-state index contributed by atoms with van der Waals surface area (Å²) in [5, 5.41) is 10.6. The zero-order valence-electron chi connectivity index (χ0n) is 63.9. The van der Waals surface area contributed by atoms with E-state index in [-0.39, 0.29) is 25.7 Å². The minimum absolute atomic E-state index is 0.0215. The van der Waals surface area contributed by atoms with E-state index in [1.165, 1.54) is 180 Å². The van der Waals surface area contributed by atoms with Gasteiger partial charge in [0, 0.05) is 25.7 Å². The van der Waals surface area contributed by atoms with Gasteiger partial charge in [0.1, 0.15) is 19.3 Å². The minimum atomic E-state index is -4.99. The number of ether oxygens (including phenoxy) is 4. The smallest absolute Gasteiger partial charge is 0.462 e. The quantitative estimate of drug-likeness (QED) is 0.0169. The average molecular weight is 1460 g/mol. The van der Waals surface area contributed by atoms with Crippen LogP contribution in [0.25, 0.3) is 0 Å². The molecule has 0 spiro atoms. The summed E-state index contributed by atoms with van der Waals surface area (Å²) in [6.45, 7) is 4.85. The largest absolute Gasteiger partial charge is 0.472 e. The first kappa shape index (κ1) is 96.8. The van der Waals surface area contributed by atoms with E-state index in [1.54, 1.807) is 0 Å². The van der Waals surface area contributed by atoms with Gasteiger partial charge in [0.25, 0.3) is 0 Å². The van der Waals surface area contributed by atoms with E-state index in [4.69, 9.17) is 37.0 Å². The number of esters is 4. The maximum atomic E-state index is 13.1. The van der Waals surface area contributed by atoms with Crippen molar-refractivity contribution in [1.82, 2.24) is 0 Å². The Morgan fingerprint density at radius 2 is 0.500 bits per heavy atom. The van der Waals surface area contributed by atoms with Crippen LogP contribution in [0.1, 0.15) is 374 Å². The van der Waals surface area contributed by atoms with E-state index < -0.39 is 97.5 Å². The fourth-order valence-electron chi connectivity index (χ4n) is 11.3. The zero-order valence-corrected chi connectivity index (χ0v) is 65.7. The fourth-order valence-corrected chi connectivity index (χ4v) is 12.8. The Hall–Kier alpha value is -3.24. The van der Waals surface area contributed by atoms with Crippen LogP contribution in [0.4, 0.5) is 0 Å². The van der Waals surface area contributed by atoms with Gasteiger partial charge in [0.15, 0.2) is 12.2 Å². The standard InChI is InChI=1S/C81H148O17P2/c1-5-9-13-17-21-25-29-33-36-37-40-44-48-52-56-60-64-68-81(86)98-77(72-92-79(84)66-62-58-54-50-46-43-39-35-31-27-23-19-15-11-7-3)74-96-100(89,90)94-70-75(82)69-93-99(87,88)95-73-76(97-80(85)67-63-59-55-51-47-41-32-28-24-20-16-12-8-4)71-91-78(83)65-61-57-53-49-45-42-38-34-30-26-22-18-14-10-6-2/h21,25,33,35-36,39-40,44,52,56,75-77,82H,5-20,22-24,26-32,34,37-38,41-43,45-51,53-55,57-74H2,1-4H3,(H,87,88)(H,89,90)/b25-21-,36-33-,39-35-,44-40-,56-52-/t75-,76-,77-/m1/s1. The number of carbonyl (C=O) groups excluding carboxylic acids is 4. The van der Waals surface area contributed by atoms with Gasteiger partial charge < -0.3 is 33.8 Å². The topological polar surface area (TPSA) is 237 Å². The van der Waals surface area contributed by atoms with Crippen molar-refractivity contribution in [3.63, 3.8) is 0 Å². The highest BCUT2D eigenvalue weighted by atomic mass is 31.2. The minimum Gasteiger partial charge on any atom is -0.462 e. The number of aliphatic hydroxyl groups excluding tert-OH is 1. The SMILES string of the molecule is CCCCC/C=C\C/C=C\C/C=C\C/C=C\CCCC(=O)O[C@H](COC(=O)CCCCCCC/C=C\CCCCCCCC)COP(=O)(O)OC[C@H](O)COP(=O)(O)OC[C@@H](COC(=O)CCCCCCCCCCCCCCCCC)OC(=O)CCCCCCCCCCCCCCC. The van der Waals surface area contributed by atoms with Crippen molar-refractivity contribution in [3.8, 4) is 0 Å². The van der Waals surface area contributed by atoms with Crippen LogP contribution in [-0.4, -0.2) is 96.7 Å². The van der Waals surface area contributed by atoms with Crippen LogP contribution in [0.2, 0.25) is 0 Å². The molecule has 0 amide bonds. The molecule has 0 aliphatic carbocycles. The number of hydrogen-bond donors (Lipinski definition) is 3. The molecule has 0 radical (unpaired) electrons. The molecule has 0 aromatic carbocycles. The van der Waals surface area contributed by atoms with Gasteiger partial charge in [-0.1, -0.05) is 320 Å². The van der Waals surface area contributed by atoms with Gasteiger partial charge in [-0.25, -0.2) is 9.13 Å². The molecule has 0 rings (SSSR count). The average Bonchev–Trinajstić information content (AvgIpc) is 0.962. The van der Waals surface area contributed by atoms with Crippen molar-refractivity contribution in [3.05, 3.63) is 60.8 Å². The second-order valence-corrected chi connectivity index (χ2v) is 30.3. The molecule has 0 aliphatic rings. The molecule has 17 nitrogen and oxygen atoms in total. The lowest BCUT2D eigenvalue weighted by atomic mass is 10.0. The number of rotatable bonds is 77. The fraction of sp³-hybridized carbons (Fsp3) is 0.827. The van der Waals surface area contributed by atoms with E-state index in [9.17, 15) is 43.2 Å². The van der Waals surface area contributed by atoms with Gasteiger partial charge in [-0.15, -0.1) is 0 Å². The Labute approximate surface area is 610 Å². The Kier molecular flexibility index (Phi) is 71.6. The Morgan fingerprint density at radius 3 is 0.820 bits per heavy atom. The van der Waals surface area contributed by atoms with Gasteiger partial charge in [-0.05, 0) is 89.9 Å². The third kappa shape index (κ3) is 73.1. The van der Waals surface area contributed by atoms with Crippen LogP contribution in [0, 0.1) is 0 Å². The summed E-state index contributed by atoms with van der Waals surface area (Å²) in [5.41, 5.74) is 0. The molecular weight excluding hydrogens is 1310 g/mol. The molecule has 0 heterocycles. The highest BCUT2D eigenvalue weighted by Crippen LogP contribution is 2.45. The number of carbonyl (C=O) groups is 4. The van der Waals surface area contributed by atoms with Gasteiger partial charge in [-0.3, -0.25) is 37.3 Å². The van der Waals surface area contributed by atoms with Crippen molar-refractivity contribution >= 4 is 39.5 Å². The maximum Gasteiger partial charge on any atom is 0.472 e. The predicted molar refractivity (Wildman–Crippen MR) is 409 cm³/mol. The van der Waals surface area contributed by atoms with Crippen molar-refractivity contribution in [2.75, 3.05) is 39.6 Å². The molecular formula is C81H148O17P2. The van der Waals surface area contributed by atoms with E-state index in [1.807, 2.05) is 12.2 Å². The summed E-state index contributed by atoms with van der Waals surface area (Å²) in [6.07, 6.45) is 73.4.